The SMILES string of the molecule is CC#CCN1C(=O)C(C(C)C)NC(=O)C1C. The molecule has 4 nitrogen and oxygen atoms in total. The first kappa shape index (κ1) is 12.6. The predicted octanol–water partition coefficient (Wildman–Crippen LogP) is 0.381. The minimum absolute atomic E-state index is 0.0372. The fourth-order valence-corrected chi connectivity index (χ4v) is 1.68. The lowest BCUT2D eigenvalue weighted by Gasteiger charge is -2.37. The molecule has 1 saturated heterocycles. The zero-order valence-electron chi connectivity index (χ0n) is 10.2. The highest BCUT2D eigenvalue weighted by molar-refractivity contribution is 5.97. The van der Waals surface area contributed by atoms with Crippen molar-refractivity contribution in [1.29, 1.82) is 0 Å². The number of nitrogens with one attached hydrogen (secondary N) is 1. The molecule has 0 aromatic heterocycles. The predicted molar refractivity (Wildman–Crippen MR) is 61.4 cm³/mol. The van der Waals surface area contributed by atoms with Gasteiger partial charge in [-0.25, -0.2) is 0 Å². The average molecular weight is 222 g/mol. The van der Waals surface area contributed by atoms with Crippen molar-refractivity contribution in [2.75, 3.05) is 6.54 Å². The molecule has 1 rings (SSSR count). The average Bonchev–Trinajstić information content (AvgIpc) is 2.23. The second kappa shape index (κ2) is 5.02. The minimum atomic E-state index is -0.427. The van der Waals surface area contributed by atoms with E-state index in [-0.39, 0.29) is 17.7 Å². The molecule has 2 atom stereocenters. The monoisotopic (exact) mass is 222 g/mol. The highest BCUT2D eigenvalue weighted by Crippen LogP contribution is 2.14. The number of hydrogen-bond acceptors (Lipinski definition) is 2. The Morgan fingerprint density at radius 1 is 1.44 bits per heavy atom. The standard InChI is InChI=1S/C12H18N2O2/c1-5-6-7-14-9(4)11(15)13-10(8(2)3)12(14)16/h8-10H,7H2,1-4H3,(H,13,15). The number of amides is 2. The molecule has 1 aliphatic rings. The molecule has 0 spiro atoms. The van der Waals surface area contributed by atoms with Crippen molar-refractivity contribution in [2.45, 2.75) is 39.8 Å². The van der Waals surface area contributed by atoms with Crippen LogP contribution in [-0.4, -0.2) is 35.3 Å². The van der Waals surface area contributed by atoms with E-state index < -0.39 is 12.1 Å². The third-order valence-electron chi connectivity index (χ3n) is 2.79. The van der Waals surface area contributed by atoms with Gasteiger partial charge in [0.2, 0.25) is 11.8 Å². The highest BCUT2D eigenvalue weighted by Gasteiger charge is 2.38. The van der Waals surface area contributed by atoms with Crippen LogP contribution in [0.1, 0.15) is 27.7 Å². The zero-order valence-corrected chi connectivity index (χ0v) is 10.2. The van der Waals surface area contributed by atoms with Gasteiger partial charge in [0, 0.05) is 0 Å². The molecule has 0 bridgehead atoms. The lowest BCUT2D eigenvalue weighted by molar-refractivity contribution is -0.149. The van der Waals surface area contributed by atoms with Crippen LogP contribution in [0.4, 0.5) is 0 Å². The lowest BCUT2D eigenvalue weighted by Crippen LogP contribution is -2.63. The highest BCUT2D eigenvalue weighted by atomic mass is 16.2. The number of rotatable bonds is 2. The summed E-state index contributed by atoms with van der Waals surface area (Å²) in [5.74, 6) is 5.53. The van der Waals surface area contributed by atoms with E-state index in [4.69, 9.17) is 0 Å². The van der Waals surface area contributed by atoms with Crippen molar-refractivity contribution in [3.05, 3.63) is 0 Å². The summed E-state index contributed by atoms with van der Waals surface area (Å²) in [7, 11) is 0. The minimum Gasteiger partial charge on any atom is -0.342 e. The first-order valence-corrected chi connectivity index (χ1v) is 5.49. The van der Waals surface area contributed by atoms with Crippen LogP contribution >= 0.6 is 0 Å². The first-order chi connectivity index (χ1) is 7.49. The van der Waals surface area contributed by atoms with Crippen LogP contribution in [0.15, 0.2) is 0 Å². The van der Waals surface area contributed by atoms with Crippen LogP contribution in [0.2, 0.25) is 0 Å². The molecule has 0 radical (unpaired) electrons. The Hall–Kier alpha value is -1.50. The van der Waals surface area contributed by atoms with Gasteiger partial charge < -0.3 is 10.2 Å². The maximum atomic E-state index is 12.1. The normalized spacial score (nSPS) is 25.2. The number of carbonyl (C=O) groups is 2. The van der Waals surface area contributed by atoms with Gasteiger partial charge in [-0.15, -0.1) is 5.92 Å². The van der Waals surface area contributed by atoms with Crippen LogP contribution in [0.25, 0.3) is 0 Å². The van der Waals surface area contributed by atoms with E-state index in [9.17, 15) is 9.59 Å². The molecule has 0 aromatic carbocycles. The van der Waals surface area contributed by atoms with E-state index in [0.29, 0.717) is 6.54 Å². The molecule has 4 heteroatoms. The molecule has 2 amide bonds. The number of piperazine rings is 1. The summed E-state index contributed by atoms with van der Waals surface area (Å²) in [5, 5.41) is 2.74. The van der Waals surface area contributed by atoms with Crippen molar-refractivity contribution < 1.29 is 9.59 Å². The number of nitrogens with zero attached hydrogens (tertiary/aromatic N) is 1. The summed E-state index contributed by atoms with van der Waals surface area (Å²) in [5.41, 5.74) is 0. The topological polar surface area (TPSA) is 49.4 Å². The fourth-order valence-electron chi connectivity index (χ4n) is 1.68. The Kier molecular flexibility index (Phi) is 3.94. The summed E-state index contributed by atoms with van der Waals surface area (Å²) in [4.78, 5) is 25.3. The summed E-state index contributed by atoms with van der Waals surface area (Å²) in [6.45, 7) is 7.61. The summed E-state index contributed by atoms with van der Waals surface area (Å²) in [6, 6.07) is -0.842. The number of hydrogen-bond donors (Lipinski definition) is 1. The second-order valence-electron chi connectivity index (χ2n) is 4.30. The third kappa shape index (κ3) is 2.35. The van der Waals surface area contributed by atoms with E-state index in [1.54, 1.807) is 18.7 Å². The molecule has 88 valence electrons. The smallest absolute Gasteiger partial charge is 0.246 e. The summed E-state index contributed by atoms with van der Waals surface area (Å²) in [6.07, 6.45) is 0. The largest absolute Gasteiger partial charge is 0.342 e. The maximum Gasteiger partial charge on any atom is 0.246 e. The summed E-state index contributed by atoms with van der Waals surface area (Å²) < 4.78 is 0. The van der Waals surface area contributed by atoms with Crippen LogP contribution in [0.5, 0.6) is 0 Å². The third-order valence-corrected chi connectivity index (χ3v) is 2.79. The van der Waals surface area contributed by atoms with Crippen molar-refractivity contribution in [3.8, 4) is 11.8 Å². The molecule has 16 heavy (non-hydrogen) atoms. The molecular formula is C12H18N2O2. The fraction of sp³-hybridized carbons (Fsp3) is 0.667. The van der Waals surface area contributed by atoms with Crippen LogP contribution < -0.4 is 5.32 Å². The van der Waals surface area contributed by atoms with Gasteiger partial charge in [0.1, 0.15) is 12.1 Å². The van der Waals surface area contributed by atoms with Crippen LogP contribution in [-0.2, 0) is 9.59 Å². The first-order valence-electron chi connectivity index (χ1n) is 5.49. The van der Waals surface area contributed by atoms with Gasteiger partial charge in [-0.3, -0.25) is 9.59 Å². The Morgan fingerprint density at radius 3 is 2.56 bits per heavy atom. The van der Waals surface area contributed by atoms with Gasteiger partial charge in [-0.2, -0.15) is 0 Å². The molecule has 0 aliphatic carbocycles. The molecule has 0 saturated carbocycles. The lowest BCUT2D eigenvalue weighted by atomic mass is 9.98. The molecule has 1 aliphatic heterocycles. The van der Waals surface area contributed by atoms with Gasteiger partial charge in [0.15, 0.2) is 0 Å². The van der Waals surface area contributed by atoms with Gasteiger partial charge in [0.05, 0.1) is 6.54 Å². The van der Waals surface area contributed by atoms with Crippen LogP contribution in [0.3, 0.4) is 0 Å². The summed E-state index contributed by atoms with van der Waals surface area (Å²) >= 11 is 0. The second-order valence-corrected chi connectivity index (χ2v) is 4.30. The molecule has 0 aromatic rings. The van der Waals surface area contributed by atoms with Gasteiger partial charge in [-0.05, 0) is 19.8 Å². The van der Waals surface area contributed by atoms with Crippen LogP contribution in [0, 0.1) is 17.8 Å². The van der Waals surface area contributed by atoms with Gasteiger partial charge >= 0.3 is 0 Å². The Morgan fingerprint density at radius 2 is 2.06 bits per heavy atom. The molecule has 2 unspecified atom stereocenters. The van der Waals surface area contributed by atoms with E-state index in [2.05, 4.69) is 17.2 Å². The van der Waals surface area contributed by atoms with Crippen molar-refractivity contribution in [2.24, 2.45) is 5.92 Å². The Balaban J connectivity index is 2.88. The van der Waals surface area contributed by atoms with Gasteiger partial charge in [-0.1, -0.05) is 19.8 Å². The Bertz CT molecular complexity index is 352. The van der Waals surface area contributed by atoms with E-state index in [0.717, 1.165) is 0 Å². The Labute approximate surface area is 96.4 Å². The van der Waals surface area contributed by atoms with Crippen molar-refractivity contribution in [1.82, 2.24) is 10.2 Å². The quantitative estimate of drug-likeness (QED) is 0.687. The van der Waals surface area contributed by atoms with Crippen molar-refractivity contribution in [3.63, 3.8) is 0 Å². The van der Waals surface area contributed by atoms with Crippen molar-refractivity contribution >= 4 is 11.8 Å². The zero-order chi connectivity index (χ0) is 12.3. The molecule has 1 heterocycles. The van der Waals surface area contributed by atoms with E-state index in [1.807, 2.05) is 13.8 Å². The molecular weight excluding hydrogens is 204 g/mol. The van der Waals surface area contributed by atoms with E-state index >= 15 is 0 Å². The van der Waals surface area contributed by atoms with Gasteiger partial charge in [0.25, 0.3) is 0 Å². The number of carbonyl (C=O) groups excluding carboxylic acids is 2. The molecule has 1 fully saturated rings. The molecule has 1 N–H and O–H groups in total. The van der Waals surface area contributed by atoms with E-state index in [1.165, 1.54) is 0 Å². The maximum absolute atomic E-state index is 12.1.